The molecule has 3 aromatic heterocycles. The minimum atomic E-state index is -0.190. The van der Waals surface area contributed by atoms with Gasteiger partial charge < -0.3 is 14.7 Å². The number of aromatic nitrogens is 3. The van der Waals surface area contributed by atoms with Crippen molar-refractivity contribution in [2.24, 2.45) is 0 Å². The molecule has 1 amide bonds. The molecule has 0 spiro atoms. The average Bonchev–Trinajstić information content (AvgIpc) is 3.20. The van der Waals surface area contributed by atoms with Crippen molar-refractivity contribution in [1.29, 1.82) is 0 Å². The van der Waals surface area contributed by atoms with Crippen molar-refractivity contribution < 1.29 is 9.32 Å². The van der Waals surface area contributed by atoms with Gasteiger partial charge in [0.05, 0.1) is 16.9 Å². The van der Waals surface area contributed by atoms with Crippen LogP contribution in [0.3, 0.4) is 0 Å². The molecule has 1 saturated heterocycles. The van der Waals surface area contributed by atoms with Crippen molar-refractivity contribution in [1.82, 2.24) is 15.1 Å². The van der Waals surface area contributed by atoms with Gasteiger partial charge in [-0.3, -0.25) is 9.78 Å². The number of nitrogens with zero attached hydrogens (tertiary/aromatic N) is 4. The van der Waals surface area contributed by atoms with E-state index in [-0.39, 0.29) is 5.91 Å². The van der Waals surface area contributed by atoms with E-state index in [0.29, 0.717) is 16.3 Å². The maximum absolute atomic E-state index is 13.3. The minimum absolute atomic E-state index is 0.190. The number of carbonyl (C=O) groups is 1. The quantitative estimate of drug-likeness (QED) is 0.356. The van der Waals surface area contributed by atoms with Crippen molar-refractivity contribution in [2.45, 2.75) is 43.9 Å². The van der Waals surface area contributed by atoms with E-state index >= 15 is 0 Å². The van der Waals surface area contributed by atoms with Crippen LogP contribution in [0.2, 0.25) is 0 Å². The summed E-state index contributed by atoms with van der Waals surface area (Å²) in [5.74, 6) is 1.24. The van der Waals surface area contributed by atoms with E-state index in [1.54, 1.807) is 18.3 Å². The third-order valence-electron chi connectivity index (χ3n) is 6.29. The topological polar surface area (TPSA) is 84.1 Å². The largest absolute Gasteiger partial charge is 0.371 e. The Bertz CT molecular complexity index is 1310. The molecule has 1 N–H and O–H groups in total. The van der Waals surface area contributed by atoms with Gasteiger partial charge in [0.2, 0.25) is 0 Å². The monoisotopic (exact) mass is 473 g/mol. The van der Waals surface area contributed by atoms with Crippen molar-refractivity contribution in [3.8, 4) is 0 Å². The number of anilines is 2. The Labute approximate surface area is 203 Å². The van der Waals surface area contributed by atoms with Crippen LogP contribution in [0, 0.1) is 13.8 Å². The van der Waals surface area contributed by atoms with Gasteiger partial charge in [0.25, 0.3) is 5.91 Å². The van der Waals surface area contributed by atoms with Gasteiger partial charge in [-0.1, -0.05) is 5.16 Å². The van der Waals surface area contributed by atoms with Gasteiger partial charge in [-0.05, 0) is 63.4 Å². The van der Waals surface area contributed by atoms with Crippen molar-refractivity contribution in [3.63, 3.8) is 0 Å². The van der Waals surface area contributed by atoms with E-state index in [2.05, 4.69) is 31.4 Å². The molecule has 0 atom stereocenters. The van der Waals surface area contributed by atoms with Crippen LogP contribution in [0.25, 0.3) is 10.8 Å². The summed E-state index contributed by atoms with van der Waals surface area (Å²) in [5.41, 5.74) is 4.38. The second-order valence-electron chi connectivity index (χ2n) is 8.50. The van der Waals surface area contributed by atoms with Gasteiger partial charge in [0.15, 0.2) is 0 Å². The maximum atomic E-state index is 13.3. The molecule has 1 aromatic carbocycles. The van der Waals surface area contributed by atoms with Gasteiger partial charge >= 0.3 is 0 Å². The first kappa shape index (κ1) is 22.4. The summed E-state index contributed by atoms with van der Waals surface area (Å²) in [5, 5.41) is 9.84. The predicted octanol–water partition coefficient (Wildman–Crippen LogP) is 5.77. The number of hydrogen-bond acceptors (Lipinski definition) is 7. The summed E-state index contributed by atoms with van der Waals surface area (Å²) >= 11 is 1.51. The fourth-order valence-electron chi connectivity index (χ4n) is 4.41. The van der Waals surface area contributed by atoms with Crippen LogP contribution in [0.1, 0.15) is 46.6 Å². The first-order valence-corrected chi connectivity index (χ1v) is 12.5. The van der Waals surface area contributed by atoms with Crippen LogP contribution in [0.15, 0.2) is 58.5 Å². The number of piperidine rings is 1. The van der Waals surface area contributed by atoms with E-state index in [0.717, 1.165) is 46.6 Å². The normalized spacial score (nSPS) is 13.9. The molecular formula is C26H27N5O2S. The Morgan fingerprint density at radius 3 is 2.74 bits per heavy atom. The summed E-state index contributed by atoms with van der Waals surface area (Å²) in [7, 11) is 0. The lowest BCUT2D eigenvalue weighted by atomic mass is 10.0. The third-order valence-corrected chi connectivity index (χ3v) is 7.32. The standard InChI is InChI=1S/C26H27N5O2S/c1-17-22(18(2)33-30-17)16-34-26-20(7-6-11-28-26)25(32)29-23-8-9-24(31-13-4-3-5-14-31)19-10-12-27-15-21(19)23/h6-12,15H,3-5,13-14,16H2,1-2H3,(H,29,32). The number of fused-ring (bicyclic) bond motifs is 1. The summed E-state index contributed by atoms with van der Waals surface area (Å²) in [6, 6.07) is 9.72. The molecule has 0 aliphatic carbocycles. The molecule has 0 saturated carbocycles. The predicted molar refractivity (Wildman–Crippen MR) is 136 cm³/mol. The molecule has 4 heterocycles. The van der Waals surface area contributed by atoms with Crippen LogP contribution in [0.5, 0.6) is 0 Å². The Morgan fingerprint density at radius 1 is 1.09 bits per heavy atom. The molecule has 34 heavy (non-hydrogen) atoms. The van der Waals surface area contributed by atoms with Gasteiger partial charge in [-0.25, -0.2) is 4.98 Å². The average molecular weight is 474 g/mol. The lowest BCUT2D eigenvalue weighted by molar-refractivity contribution is 0.102. The highest BCUT2D eigenvalue weighted by Crippen LogP contribution is 2.34. The smallest absolute Gasteiger partial charge is 0.258 e. The number of benzene rings is 1. The second-order valence-corrected chi connectivity index (χ2v) is 9.47. The molecule has 4 aromatic rings. The number of amides is 1. The zero-order chi connectivity index (χ0) is 23.5. The van der Waals surface area contributed by atoms with Crippen molar-refractivity contribution in [3.05, 3.63) is 71.5 Å². The number of aryl methyl sites for hydroxylation is 2. The Morgan fingerprint density at radius 2 is 1.94 bits per heavy atom. The van der Waals surface area contributed by atoms with Crippen LogP contribution in [-0.2, 0) is 5.75 Å². The highest BCUT2D eigenvalue weighted by molar-refractivity contribution is 7.98. The fourth-order valence-corrected chi connectivity index (χ4v) is 5.56. The zero-order valence-corrected chi connectivity index (χ0v) is 20.2. The van der Waals surface area contributed by atoms with Crippen molar-refractivity contribution in [2.75, 3.05) is 23.3 Å². The highest BCUT2D eigenvalue weighted by atomic mass is 32.2. The number of rotatable bonds is 6. The van der Waals surface area contributed by atoms with E-state index in [1.165, 1.54) is 36.7 Å². The second kappa shape index (κ2) is 9.85. The molecular weight excluding hydrogens is 446 g/mol. The van der Waals surface area contributed by atoms with E-state index in [9.17, 15) is 4.79 Å². The summed E-state index contributed by atoms with van der Waals surface area (Å²) in [6.45, 7) is 5.94. The Balaban J connectivity index is 1.40. The van der Waals surface area contributed by atoms with Gasteiger partial charge in [-0.2, -0.15) is 0 Å². The number of thioether (sulfide) groups is 1. The van der Waals surface area contributed by atoms with Gasteiger partial charge in [0.1, 0.15) is 10.8 Å². The number of pyridine rings is 2. The van der Waals surface area contributed by atoms with Crippen LogP contribution in [0.4, 0.5) is 11.4 Å². The molecule has 5 rings (SSSR count). The van der Waals surface area contributed by atoms with Crippen LogP contribution in [-0.4, -0.2) is 34.1 Å². The molecule has 0 unspecified atom stereocenters. The zero-order valence-electron chi connectivity index (χ0n) is 19.4. The summed E-state index contributed by atoms with van der Waals surface area (Å²) in [6.07, 6.45) is 9.05. The molecule has 1 fully saturated rings. The Kier molecular flexibility index (Phi) is 6.49. The molecule has 8 heteroatoms. The molecule has 0 bridgehead atoms. The number of carbonyl (C=O) groups excluding carboxylic acids is 1. The van der Waals surface area contributed by atoms with Crippen LogP contribution >= 0.6 is 11.8 Å². The lowest BCUT2D eigenvalue weighted by Gasteiger charge is -2.30. The first-order chi connectivity index (χ1) is 16.6. The molecule has 0 radical (unpaired) electrons. The van der Waals surface area contributed by atoms with Gasteiger partial charge in [0, 0.05) is 59.5 Å². The van der Waals surface area contributed by atoms with Crippen molar-refractivity contribution >= 4 is 39.8 Å². The number of nitrogens with one attached hydrogen (secondary N) is 1. The Hall–Kier alpha value is -3.39. The highest BCUT2D eigenvalue weighted by Gasteiger charge is 2.19. The molecule has 7 nitrogen and oxygen atoms in total. The summed E-state index contributed by atoms with van der Waals surface area (Å²) in [4.78, 5) is 24.6. The first-order valence-electron chi connectivity index (χ1n) is 11.5. The summed E-state index contributed by atoms with van der Waals surface area (Å²) < 4.78 is 5.26. The number of hydrogen-bond donors (Lipinski definition) is 1. The fraction of sp³-hybridized carbons (Fsp3) is 0.308. The maximum Gasteiger partial charge on any atom is 0.258 e. The van der Waals surface area contributed by atoms with E-state index in [4.69, 9.17) is 4.52 Å². The lowest BCUT2D eigenvalue weighted by Crippen LogP contribution is -2.29. The SMILES string of the molecule is Cc1noc(C)c1CSc1ncccc1C(=O)Nc1ccc(N2CCCCC2)c2ccncc12. The molecule has 1 aliphatic heterocycles. The van der Waals surface area contributed by atoms with Crippen LogP contribution < -0.4 is 10.2 Å². The third kappa shape index (κ3) is 4.50. The molecule has 1 aliphatic rings. The van der Waals surface area contributed by atoms with E-state index < -0.39 is 0 Å². The minimum Gasteiger partial charge on any atom is -0.371 e. The molecule has 174 valence electrons. The van der Waals surface area contributed by atoms with E-state index in [1.807, 2.05) is 38.4 Å². The van der Waals surface area contributed by atoms with Gasteiger partial charge in [-0.15, -0.1) is 11.8 Å².